The smallest absolute Gasteiger partial charge is 0.269 e. The third kappa shape index (κ3) is 3.66. The van der Waals surface area contributed by atoms with Gasteiger partial charge in [-0.2, -0.15) is 0 Å². The first-order valence-corrected chi connectivity index (χ1v) is 7.27. The number of nitro groups is 1. The van der Waals surface area contributed by atoms with Crippen LogP contribution in [0.15, 0.2) is 24.3 Å². The number of hydrogen-bond acceptors (Lipinski definition) is 3. The van der Waals surface area contributed by atoms with Gasteiger partial charge in [0.1, 0.15) is 0 Å². The highest BCUT2D eigenvalue weighted by molar-refractivity contribution is 7.80. The van der Waals surface area contributed by atoms with Gasteiger partial charge >= 0.3 is 0 Å². The Morgan fingerprint density at radius 3 is 2.45 bits per heavy atom. The lowest BCUT2D eigenvalue weighted by atomic mass is 9.95. The normalized spacial score (nSPS) is 15.7. The third-order valence-corrected chi connectivity index (χ3v) is 4.16. The zero-order valence-electron chi connectivity index (χ0n) is 11.5. The molecule has 0 unspecified atom stereocenters. The van der Waals surface area contributed by atoms with Crippen molar-refractivity contribution in [3.63, 3.8) is 0 Å². The molecule has 1 N–H and O–H groups in total. The van der Waals surface area contributed by atoms with Crippen molar-refractivity contribution in [1.82, 2.24) is 4.90 Å². The zero-order chi connectivity index (χ0) is 14.5. The summed E-state index contributed by atoms with van der Waals surface area (Å²) in [5.74, 6) is 0. The molecule has 0 radical (unpaired) electrons. The van der Waals surface area contributed by atoms with E-state index < -0.39 is 4.92 Å². The number of nitro benzene ring substituents is 1. The fourth-order valence-electron chi connectivity index (χ4n) is 2.51. The van der Waals surface area contributed by atoms with Gasteiger partial charge in [-0.1, -0.05) is 19.3 Å². The number of nitrogens with zero attached hydrogens (tertiary/aromatic N) is 2. The fraction of sp³-hybridized carbons (Fsp3) is 0.500. The zero-order valence-corrected chi connectivity index (χ0v) is 12.4. The van der Waals surface area contributed by atoms with Crippen molar-refractivity contribution < 1.29 is 4.92 Å². The summed E-state index contributed by atoms with van der Waals surface area (Å²) in [5.41, 5.74) is 0.866. The minimum atomic E-state index is -0.406. The van der Waals surface area contributed by atoms with Crippen molar-refractivity contribution in [3.05, 3.63) is 34.4 Å². The Labute approximate surface area is 124 Å². The van der Waals surface area contributed by atoms with Crippen LogP contribution < -0.4 is 5.32 Å². The van der Waals surface area contributed by atoms with Crippen LogP contribution in [0.1, 0.15) is 32.1 Å². The highest BCUT2D eigenvalue weighted by Gasteiger charge is 2.20. The van der Waals surface area contributed by atoms with Gasteiger partial charge in [-0.3, -0.25) is 10.1 Å². The number of anilines is 1. The minimum absolute atomic E-state index is 0.0853. The number of nitrogens with one attached hydrogen (secondary N) is 1. The maximum Gasteiger partial charge on any atom is 0.269 e. The average Bonchev–Trinajstić information content (AvgIpc) is 2.48. The van der Waals surface area contributed by atoms with E-state index in [9.17, 15) is 10.1 Å². The molecule has 2 rings (SSSR count). The van der Waals surface area contributed by atoms with E-state index in [4.69, 9.17) is 12.2 Å². The van der Waals surface area contributed by atoms with Crippen molar-refractivity contribution in [2.24, 2.45) is 0 Å². The number of rotatable bonds is 3. The Hall–Kier alpha value is -1.69. The van der Waals surface area contributed by atoms with Gasteiger partial charge in [-0.05, 0) is 37.2 Å². The van der Waals surface area contributed by atoms with E-state index in [1.54, 1.807) is 12.1 Å². The third-order valence-electron chi connectivity index (χ3n) is 3.77. The van der Waals surface area contributed by atoms with Gasteiger partial charge in [0.05, 0.1) is 4.92 Å². The lowest BCUT2D eigenvalue weighted by Crippen LogP contribution is -2.40. The van der Waals surface area contributed by atoms with Crippen LogP contribution in [0.2, 0.25) is 0 Å². The average molecular weight is 293 g/mol. The molecule has 1 aromatic rings. The Bertz CT molecular complexity index is 484. The van der Waals surface area contributed by atoms with Crippen LogP contribution in [0.5, 0.6) is 0 Å². The molecule has 0 bridgehead atoms. The minimum Gasteiger partial charge on any atom is -0.349 e. The number of thiocarbonyl (C=S) groups is 1. The summed E-state index contributed by atoms with van der Waals surface area (Å²) in [6, 6.07) is 6.82. The number of hydrogen-bond donors (Lipinski definition) is 1. The lowest BCUT2D eigenvalue weighted by Gasteiger charge is -2.33. The molecular weight excluding hydrogens is 274 g/mol. The summed E-state index contributed by atoms with van der Waals surface area (Å²) < 4.78 is 0. The van der Waals surface area contributed by atoms with Crippen molar-refractivity contribution in [2.75, 3.05) is 12.4 Å². The maximum atomic E-state index is 10.6. The van der Waals surface area contributed by atoms with E-state index in [0.717, 1.165) is 5.69 Å². The van der Waals surface area contributed by atoms with Gasteiger partial charge in [0, 0.05) is 30.9 Å². The van der Waals surface area contributed by atoms with Crippen LogP contribution in [-0.2, 0) is 0 Å². The summed E-state index contributed by atoms with van der Waals surface area (Å²) >= 11 is 5.40. The first-order chi connectivity index (χ1) is 9.58. The molecule has 1 aliphatic rings. The molecule has 0 amide bonds. The quantitative estimate of drug-likeness (QED) is 0.524. The Kier molecular flexibility index (Phi) is 4.89. The molecule has 0 atom stereocenters. The molecule has 0 aliphatic heterocycles. The molecule has 108 valence electrons. The second-order valence-corrected chi connectivity index (χ2v) is 5.52. The van der Waals surface area contributed by atoms with Crippen LogP contribution in [0.3, 0.4) is 0 Å². The summed E-state index contributed by atoms with van der Waals surface area (Å²) in [5, 5.41) is 14.4. The van der Waals surface area contributed by atoms with Gasteiger partial charge in [0.2, 0.25) is 0 Å². The van der Waals surface area contributed by atoms with Crippen molar-refractivity contribution in [2.45, 2.75) is 38.1 Å². The van der Waals surface area contributed by atoms with Crippen LogP contribution in [0.4, 0.5) is 11.4 Å². The monoisotopic (exact) mass is 293 g/mol. The summed E-state index contributed by atoms with van der Waals surface area (Å²) in [7, 11) is 2.01. The van der Waals surface area contributed by atoms with Gasteiger partial charge in [0.15, 0.2) is 5.11 Å². The molecule has 1 saturated carbocycles. The molecular formula is C14H19N3O2S. The number of benzene rings is 1. The molecule has 1 fully saturated rings. The fourth-order valence-corrected chi connectivity index (χ4v) is 2.78. The summed E-state index contributed by atoms with van der Waals surface area (Å²) in [4.78, 5) is 12.3. The van der Waals surface area contributed by atoms with Crippen LogP contribution >= 0.6 is 12.2 Å². The molecule has 0 spiro atoms. The van der Waals surface area contributed by atoms with Crippen LogP contribution in [0, 0.1) is 10.1 Å². The standard InChI is InChI=1S/C14H19N3O2S/c1-16(12-5-3-2-4-6-12)14(20)15-11-7-9-13(10-8-11)17(18)19/h7-10,12H,2-6H2,1H3,(H,15,20). The van der Waals surface area contributed by atoms with Crippen molar-refractivity contribution in [1.29, 1.82) is 0 Å². The van der Waals surface area contributed by atoms with Crippen molar-refractivity contribution in [3.8, 4) is 0 Å². The lowest BCUT2D eigenvalue weighted by molar-refractivity contribution is -0.384. The van der Waals surface area contributed by atoms with E-state index in [0.29, 0.717) is 11.2 Å². The Balaban J connectivity index is 1.94. The van der Waals surface area contributed by atoms with Gasteiger partial charge in [-0.25, -0.2) is 0 Å². The maximum absolute atomic E-state index is 10.6. The van der Waals surface area contributed by atoms with Crippen molar-refractivity contribution >= 4 is 28.7 Å². The van der Waals surface area contributed by atoms with Gasteiger partial charge in [-0.15, -0.1) is 0 Å². The largest absolute Gasteiger partial charge is 0.349 e. The predicted molar refractivity (Wildman–Crippen MR) is 84.0 cm³/mol. The molecule has 6 heteroatoms. The molecule has 1 aromatic carbocycles. The highest BCUT2D eigenvalue weighted by Crippen LogP contribution is 2.22. The van der Waals surface area contributed by atoms with Crippen LogP contribution in [0.25, 0.3) is 0 Å². The first kappa shape index (κ1) is 14.7. The second-order valence-electron chi connectivity index (χ2n) is 5.14. The Morgan fingerprint density at radius 2 is 1.90 bits per heavy atom. The van der Waals surface area contributed by atoms with E-state index in [2.05, 4.69) is 10.2 Å². The van der Waals surface area contributed by atoms with E-state index in [-0.39, 0.29) is 5.69 Å². The predicted octanol–water partition coefficient (Wildman–Crippen LogP) is 3.56. The summed E-state index contributed by atoms with van der Waals surface area (Å²) in [6.07, 6.45) is 6.19. The van der Waals surface area contributed by atoms with Crippen LogP contribution in [-0.4, -0.2) is 28.0 Å². The molecule has 0 saturated heterocycles. The topological polar surface area (TPSA) is 58.4 Å². The van der Waals surface area contributed by atoms with E-state index >= 15 is 0 Å². The first-order valence-electron chi connectivity index (χ1n) is 6.86. The number of non-ortho nitro benzene ring substituents is 1. The highest BCUT2D eigenvalue weighted by atomic mass is 32.1. The van der Waals surface area contributed by atoms with Gasteiger partial charge < -0.3 is 10.2 Å². The van der Waals surface area contributed by atoms with E-state index in [1.165, 1.54) is 44.2 Å². The van der Waals surface area contributed by atoms with Gasteiger partial charge in [0.25, 0.3) is 5.69 Å². The molecule has 0 aromatic heterocycles. The molecule has 20 heavy (non-hydrogen) atoms. The molecule has 0 heterocycles. The van der Waals surface area contributed by atoms with E-state index in [1.807, 2.05) is 7.05 Å². The Morgan fingerprint density at radius 1 is 1.30 bits per heavy atom. The molecule has 1 aliphatic carbocycles. The second kappa shape index (κ2) is 6.65. The summed E-state index contributed by atoms with van der Waals surface area (Å²) in [6.45, 7) is 0. The SMILES string of the molecule is CN(C(=S)Nc1ccc([N+](=O)[O-])cc1)C1CCCCC1. The molecule has 5 nitrogen and oxygen atoms in total.